The van der Waals surface area contributed by atoms with E-state index >= 15 is 0 Å². The van der Waals surface area contributed by atoms with Crippen molar-refractivity contribution in [2.24, 2.45) is 7.05 Å². The maximum atomic E-state index is 13.2. The summed E-state index contributed by atoms with van der Waals surface area (Å²) in [5, 5.41) is 0. The third-order valence-electron chi connectivity index (χ3n) is 2.27. The minimum atomic E-state index is -0.243. The van der Waals surface area contributed by atoms with Gasteiger partial charge in [-0.15, -0.1) is 0 Å². The van der Waals surface area contributed by atoms with Crippen LogP contribution in [0, 0.1) is 5.82 Å². The fourth-order valence-electron chi connectivity index (χ4n) is 1.54. The molecule has 82 valence electrons. The topological polar surface area (TPSA) is 17.8 Å². The van der Waals surface area contributed by atoms with Crippen molar-refractivity contribution in [1.29, 1.82) is 0 Å². The second-order valence-electron chi connectivity index (χ2n) is 3.05. The number of para-hydroxylation sites is 1. The van der Waals surface area contributed by atoms with E-state index in [1.54, 1.807) is 6.07 Å². The molecule has 0 N–H and O–H groups in total. The summed E-state index contributed by atoms with van der Waals surface area (Å²) in [7, 11) is 1.91. The van der Waals surface area contributed by atoms with E-state index in [9.17, 15) is 4.39 Å². The number of imidazole rings is 1. The van der Waals surface area contributed by atoms with Crippen LogP contribution >= 0.6 is 0 Å². The molecule has 2 aromatic rings. The normalized spacial score (nSPS) is 9.93. The Labute approximate surface area is 89.7 Å². The summed E-state index contributed by atoms with van der Waals surface area (Å²) in [6.07, 6.45) is 0.824. The molecule has 0 spiro atoms. The summed E-state index contributed by atoms with van der Waals surface area (Å²) in [5.41, 5.74) is 1.33. The lowest BCUT2D eigenvalue weighted by atomic mass is 10.3. The summed E-state index contributed by atoms with van der Waals surface area (Å²) in [6.45, 7) is 6.01. The first-order valence-corrected chi connectivity index (χ1v) is 5.34. The molecular formula is C12H17FN2. The van der Waals surface area contributed by atoms with Gasteiger partial charge in [-0.05, 0) is 12.1 Å². The fraction of sp³-hybridized carbons (Fsp3) is 0.417. The van der Waals surface area contributed by atoms with Crippen LogP contribution in [0.2, 0.25) is 0 Å². The molecule has 2 rings (SSSR count). The van der Waals surface area contributed by atoms with Crippen LogP contribution in [0.25, 0.3) is 11.0 Å². The maximum Gasteiger partial charge on any atom is 0.151 e. The number of hydrogen-bond donors (Lipinski definition) is 0. The van der Waals surface area contributed by atoms with Gasteiger partial charge in [0.05, 0.1) is 5.52 Å². The van der Waals surface area contributed by atoms with E-state index < -0.39 is 0 Å². The SMILES string of the molecule is CC.CCc1nc2c(F)cccc2n1C. The molecule has 0 aliphatic rings. The smallest absolute Gasteiger partial charge is 0.151 e. The van der Waals surface area contributed by atoms with E-state index in [0.717, 1.165) is 17.8 Å². The van der Waals surface area contributed by atoms with Crippen molar-refractivity contribution in [3.8, 4) is 0 Å². The maximum absolute atomic E-state index is 13.2. The third kappa shape index (κ3) is 2.01. The van der Waals surface area contributed by atoms with Gasteiger partial charge in [0.15, 0.2) is 5.82 Å². The minimum absolute atomic E-state index is 0.243. The van der Waals surface area contributed by atoms with Gasteiger partial charge in [0.2, 0.25) is 0 Å². The first-order chi connectivity index (χ1) is 7.24. The van der Waals surface area contributed by atoms with E-state index in [1.165, 1.54) is 6.07 Å². The highest BCUT2D eigenvalue weighted by atomic mass is 19.1. The minimum Gasteiger partial charge on any atom is -0.331 e. The van der Waals surface area contributed by atoms with E-state index in [1.807, 2.05) is 38.5 Å². The van der Waals surface area contributed by atoms with Crippen LogP contribution in [0.4, 0.5) is 4.39 Å². The zero-order valence-electron chi connectivity index (χ0n) is 9.71. The van der Waals surface area contributed by atoms with E-state index in [0.29, 0.717) is 5.52 Å². The Morgan fingerprint density at radius 1 is 1.33 bits per heavy atom. The number of fused-ring (bicyclic) bond motifs is 1. The Kier molecular flexibility index (Phi) is 3.83. The number of aromatic nitrogens is 2. The highest BCUT2D eigenvalue weighted by Crippen LogP contribution is 2.17. The number of benzene rings is 1. The van der Waals surface area contributed by atoms with Crippen molar-refractivity contribution >= 4 is 11.0 Å². The fourth-order valence-corrected chi connectivity index (χ4v) is 1.54. The van der Waals surface area contributed by atoms with Crippen LogP contribution in [0.1, 0.15) is 26.6 Å². The monoisotopic (exact) mass is 208 g/mol. The van der Waals surface area contributed by atoms with Crippen LogP contribution in [0.15, 0.2) is 18.2 Å². The summed E-state index contributed by atoms with van der Waals surface area (Å²) in [6, 6.07) is 5.03. The molecule has 15 heavy (non-hydrogen) atoms. The summed E-state index contributed by atoms with van der Waals surface area (Å²) >= 11 is 0. The van der Waals surface area contributed by atoms with Crippen LogP contribution in [-0.4, -0.2) is 9.55 Å². The lowest BCUT2D eigenvalue weighted by molar-refractivity contribution is 0.637. The Bertz CT molecular complexity index is 446. The second kappa shape index (κ2) is 4.91. The van der Waals surface area contributed by atoms with Crippen LogP contribution < -0.4 is 0 Å². The molecule has 0 bridgehead atoms. The van der Waals surface area contributed by atoms with Crippen LogP contribution in [0.3, 0.4) is 0 Å². The predicted molar refractivity (Wildman–Crippen MR) is 61.4 cm³/mol. The largest absolute Gasteiger partial charge is 0.331 e. The van der Waals surface area contributed by atoms with Crippen LogP contribution in [0.5, 0.6) is 0 Å². The number of halogens is 1. The van der Waals surface area contributed by atoms with Gasteiger partial charge in [-0.3, -0.25) is 0 Å². The molecule has 1 heterocycles. The molecule has 1 aromatic carbocycles. The molecule has 3 heteroatoms. The standard InChI is InChI=1S/C10H11FN2.C2H6/c1-3-9-12-10-7(11)5-4-6-8(10)13(9)2;1-2/h4-6H,3H2,1-2H3;1-2H3. The summed E-state index contributed by atoms with van der Waals surface area (Å²) in [5.74, 6) is 0.674. The lowest BCUT2D eigenvalue weighted by Gasteiger charge is -1.97. The summed E-state index contributed by atoms with van der Waals surface area (Å²) < 4.78 is 15.2. The number of aryl methyl sites for hydroxylation is 2. The van der Waals surface area contributed by atoms with Gasteiger partial charge in [-0.2, -0.15) is 0 Å². The highest BCUT2D eigenvalue weighted by molar-refractivity contribution is 5.76. The first-order valence-electron chi connectivity index (χ1n) is 5.34. The summed E-state index contributed by atoms with van der Waals surface area (Å²) in [4.78, 5) is 4.22. The number of rotatable bonds is 1. The molecule has 1 aromatic heterocycles. The zero-order chi connectivity index (χ0) is 11.4. The molecular weight excluding hydrogens is 191 g/mol. The van der Waals surface area contributed by atoms with Crippen molar-refractivity contribution in [3.63, 3.8) is 0 Å². The van der Waals surface area contributed by atoms with Gasteiger partial charge in [-0.25, -0.2) is 9.37 Å². The molecule has 2 nitrogen and oxygen atoms in total. The Hall–Kier alpha value is -1.38. The van der Waals surface area contributed by atoms with Crippen molar-refractivity contribution in [3.05, 3.63) is 29.8 Å². The highest BCUT2D eigenvalue weighted by Gasteiger charge is 2.08. The van der Waals surface area contributed by atoms with Crippen molar-refractivity contribution in [1.82, 2.24) is 9.55 Å². The predicted octanol–water partition coefficient (Wildman–Crippen LogP) is 3.30. The molecule has 0 fully saturated rings. The van der Waals surface area contributed by atoms with Gasteiger partial charge in [-0.1, -0.05) is 26.8 Å². The average molecular weight is 208 g/mol. The van der Waals surface area contributed by atoms with Gasteiger partial charge in [0.25, 0.3) is 0 Å². The second-order valence-corrected chi connectivity index (χ2v) is 3.05. The number of nitrogens with zero attached hydrogens (tertiary/aromatic N) is 2. The number of hydrogen-bond acceptors (Lipinski definition) is 1. The molecule has 0 unspecified atom stereocenters. The van der Waals surface area contributed by atoms with Gasteiger partial charge < -0.3 is 4.57 Å². The van der Waals surface area contributed by atoms with E-state index in [4.69, 9.17) is 0 Å². The van der Waals surface area contributed by atoms with Crippen molar-refractivity contribution < 1.29 is 4.39 Å². The quantitative estimate of drug-likeness (QED) is 0.703. The van der Waals surface area contributed by atoms with Crippen LogP contribution in [-0.2, 0) is 13.5 Å². The van der Waals surface area contributed by atoms with Gasteiger partial charge in [0, 0.05) is 13.5 Å². The van der Waals surface area contributed by atoms with Crippen molar-refractivity contribution in [2.45, 2.75) is 27.2 Å². The van der Waals surface area contributed by atoms with E-state index in [2.05, 4.69) is 4.98 Å². The zero-order valence-corrected chi connectivity index (χ0v) is 9.71. The molecule has 0 amide bonds. The van der Waals surface area contributed by atoms with Gasteiger partial charge in [0.1, 0.15) is 11.3 Å². The Balaban J connectivity index is 0.000000531. The Morgan fingerprint density at radius 2 is 2.00 bits per heavy atom. The molecule has 0 atom stereocenters. The first kappa shape index (κ1) is 11.7. The molecule has 0 aliphatic heterocycles. The lowest BCUT2D eigenvalue weighted by Crippen LogP contribution is -1.94. The average Bonchev–Trinajstić information content (AvgIpc) is 2.61. The molecule has 0 saturated carbocycles. The molecule has 0 aliphatic carbocycles. The van der Waals surface area contributed by atoms with Crippen molar-refractivity contribution in [2.75, 3.05) is 0 Å². The molecule has 0 radical (unpaired) electrons. The van der Waals surface area contributed by atoms with E-state index in [-0.39, 0.29) is 5.82 Å². The molecule has 0 saturated heterocycles. The Morgan fingerprint density at radius 3 is 2.53 bits per heavy atom. The third-order valence-corrected chi connectivity index (χ3v) is 2.27. The van der Waals surface area contributed by atoms with Gasteiger partial charge >= 0.3 is 0 Å².